The van der Waals surface area contributed by atoms with Crippen molar-refractivity contribution in [3.05, 3.63) is 18.0 Å². The molecule has 0 aromatic carbocycles. The van der Waals surface area contributed by atoms with Crippen LogP contribution in [0, 0.1) is 0 Å². The van der Waals surface area contributed by atoms with E-state index in [4.69, 9.17) is 0 Å². The van der Waals surface area contributed by atoms with E-state index in [0.717, 1.165) is 18.4 Å². The molecule has 0 spiro atoms. The summed E-state index contributed by atoms with van der Waals surface area (Å²) in [6.07, 6.45) is 9.08. The van der Waals surface area contributed by atoms with Gasteiger partial charge in [0.15, 0.2) is 0 Å². The topological polar surface area (TPSA) is 49.2 Å². The van der Waals surface area contributed by atoms with Gasteiger partial charge in [-0.3, -0.25) is 0 Å². The number of fused-ring (bicyclic) bond motifs is 2. The Morgan fingerprint density at radius 3 is 2.32 bits per heavy atom. The van der Waals surface area contributed by atoms with Crippen LogP contribution in [0.5, 0.6) is 0 Å². The van der Waals surface area contributed by atoms with E-state index in [2.05, 4.69) is 21.7 Å². The fourth-order valence-corrected chi connectivity index (χ4v) is 5.04. The highest BCUT2D eigenvalue weighted by molar-refractivity contribution is 8.00. The number of anilines is 1. The number of aliphatic hydroxyl groups is 1. The Morgan fingerprint density at radius 1 is 1.21 bits per heavy atom. The van der Waals surface area contributed by atoms with E-state index in [9.17, 15) is 5.11 Å². The first-order chi connectivity index (χ1) is 9.07. The Morgan fingerprint density at radius 2 is 1.79 bits per heavy atom. The zero-order valence-electron chi connectivity index (χ0n) is 11.5. The van der Waals surface area contributed by atoms with Gasteiger partial charge in [-0.25, -0.2) is 9.97 Å². The fourth-order valence-electron chi connectivity index (χ4n) is 3.15. The normalized spacial score (nSPS) is 34.1. The molecule has 2 aliphatic heterocycles. The number of aromatic nitrogens is 2. The maximum absolute atomic E-state index is 11.0. The highest BCUT2D eigenvalue weighted by atomic mass is 32.2. The molecule has 4 nitrogen and oxygen atoms in total. The summed E-state index contributed by atoms with van der Waals surface area (Å²) in [4.78, 5) is 10.6. The van der Waals surface area contributed by atoms with E-state index in [-0.39, 0.29) is 0 Å². The molecule has 0 amide bonds. The quantitative estimate of drug-likeness (QED) is 0.899. The van der Waals surface area contributed by atoms with E-state index < -0.39 is 5.60 Å². The molecule has 0 radical (unpaired) electrons. The molecule has 2 aliphatic rings. The van der Waals surface area contributed by atoms with Crippen LogP contribution in [0.2, 0.25) is 0 Å². The van der Waals surface area contributed by atoms with Gasteiger partial charge in [0, 0.05) is 42.6 Å². The second-order valence-electron chi connectivity index (χ2n) is 5.92. The molecular formula is C14H21N3OS. The summed E-state index contributed by atoms with van der Waals surface area (Å²) in [5.41, 5.74) is 0.168. The van der Waals surface area contributed by atoms with Gasteiger partial charge in [-0.2, -0.15) is 11.8 Å². The van der Waals surface area contributed by atoms with Crippen molar-refractivity contribution in [2.75, 3.05) is 19.0 Å². The molecule has 2 saturated heterocycles. The van der Waals surface area contributed by atoms with Crippen molar-refractivity contribution in [1.29, 1.82) is 0 Å². The Bertz CT molecular complexity index is 437. The van der Waals surface area contributed by atoms with Crippen molar-refractivity contribution in [3.8, 4) is 0 Å². The predicted octanol–water partition coefficient (Wildman–Crippen LogP) is 2.18. The molecule has 5 heteroatoms. The third-order valence-electron chi connectivity index (χ3n) is 4.14. The van der Waals surface area contributed by atoms with Gasteiger partial charge in [-0.05, 0) is 25.7 Å². The molecule has 2 bridgehead atoms. The van der Waals surface area contributed by atoms with E-state index in [1.165, 1.54) is 19.3 Å². The van der Waals surface area contributed by atoms with Gasteiger partial charge in [0.1, 0.15) is 0 Å². The second-order valence-corrected chi connectivity index (χ2v) is 7.52. The van der Waals surface area contributed by atoms with Gasteiger partial charge in [0.2, 0.25) is 5.95 Å². The Kier molecular flexibility index (Phi) is 3.43. The van der Waals surface area contributed by atoms with Crippen molar-refractivity contribution in [3.63, 3.8) is 0 Å². The van der Waals surface area contributed by atoms with Crippen molar-refractivity contribution in [2.24, 2.45) is 0 Å². The van der Waals surface area contributed by atoms with Gasteiger partial charge in [-0.1, -0.05) is 6.42 Å². The van der Waals surface area contributed by atoms with Crippen molar-refractivity contribution in [2.45, 2.75) is 48.2 Å². The average molecular weight is 279 g/mol. The van der Waals surface area contributed by atoms with Crippen molar-refractivity contribution in [1.82, 2.24) is 9.97 Å². The van der Waals surface area contributed by atoms with E-state index in [1.807, 2.05) is 19.0 Å². The summed E-state index contributed by atoms with van der Waals surface area (Å²) < 4.78 is 0. The molecule has 0 aliphatic carbocycles. The minimum Gasteiger partial charge on any atom is -0.385 e. The third-order valence-corrected chi connectivity index (χ3v) is 5.72. The Balaban J connectivity index is 1.83. The van der Waals surface area contributed by atoms with Gasteiger partial charge >= 0.3 is 0 Å². The molecule has 2 atom stereocenters. The van der Waals surface area contributed by atoms with Crippen LogP contribution in [0.3, 0.4) is 0 Å². The lowest BCUT2D eigenvalue weighted by atomic mass is 9.81. The van der Waals surface area contributed by atoms with E-state index in [0.29, 0.717) is 16.4 Å². The molecule has 2 fully saturated rings. The molecule has 3 heterocycles. The van der Waals surface area contributed by atoms with Crippen LogP contribution in [0.1, 0.15) is 37.7 Å². The summed E-state index contributed by atoms with van der Waals surface area (Å²) in [6.45, 7) is 0. The smallest absolute Gasteiger partial charge is 0.224 e. The Labute approximate surface area is 118 Å². The summed E-state index contributed by atoms with van der Waals surface area (Å²) in [5, 5.41) is 12.2. The van der Waals surface area contributed by atoms with Crippen LogP contribution >= 0.6 is 11.8 Å². The van der Waals surface area contributed by atoms with Crippen molar-refractivity contribution < 1.29 is 5.11 Å². The lowest BCUT2D eigenvalue weighted by Crippen LogP contribution is -2.40. The molecule has 1 aromatic rings. The predicted molar refractivity (Wildman–Crippen MR) is 78.5 cm³/mol. The Hall–Kier alpha value is -0.810. The molecule has 2 unspecified atom stereocenters. The zero-order chi connectivity index (χ0) is 13.5. The second kappa shape index (κ2) is 4.94. The van der Waals surface area contributed by atoms with Gasteiger partial charge in [0.05, 0.1) is 5.60 Å². The first-order valence-corrected chi connectivity index (χ1v) is 7.89. The first-order valence-electron chi connectivity index (χ1n) is 6.94. The molecule has 1 N–H and O–H groups in total. The van der Waals surface area contributed by atoms with Crippen LogP contribution in [-0.2, 0) is 5.60 Å². The summed E-state index contributed by atoms with van der Waals surface area (Å²) in [6, 6.07) is 0. The first kappa shape index (κ1) is 13.2. The minimum absolute atomic E-state index is 0.603. The molecule has 19 heavy (non-hydrogen) atoms. The summed E-state index contributed by atoms with van der Waals surface area (Å²) in [7, 11) is 3.84. The standard InChI is InChI=1S/C14H21N3OS/c1-17(2)13-15-8-10(9-16-13)14(18)6-11-4-3-5-12(7-14)19-11/h8-9,11-12,18H,3-7H2,1-2H3. The highest BCUT2D eigenvalue weighted by Gasteiger charge is 2.42. The maximum Gasteiger partial charge on any atom is 0.224 e. The lowest BCUT2D eigenvalue weighted by molar-refractivity contribution is 0.00752. The number of thioether (sulfide) groups is 1. The lowest BCUT2D eigenvalue weighted by Gasteiger charge is -2.43. The third kappa shape index (κ3) is 2.58. The van der Waals surface area contributed by atoms with Gasteiger partial charge in [0.25, 0.3) is 0 Å². The van der Waals surface area contributed by atoms with Crippen LogP contribution in [0.25, 0.3) is 0 Å². The molecule has 3 rings (SSSR count). The van der Waals surface area contributed by atoms with E-state index in [1.54, 1.807) is 12.4 Å². The average Bonchev–Trinajstić information content (AvgIpc) is 2.38. The van der Waals surface area contributed by atoms with Gasteiger partial charge in [-0.15, -0.1) is 0 Å². The number of nitrogens with zero attached hydrogens (tertiary/aromatic N) is 3. The highest BCUT2D eigenvalue weighted by Crippen LogP contribution is 2.49. The summed E-state index contributed by atoms with van der Waals surface area (Å²) in [5.74, 6) is 0.692. The number of hydrogen-bond acceptors (Lipinski definition) is 5. The number of hydrogen-bond donors (Lipinski definition) is 1. The monoisotopic (exact) mass is 279 g/mol. The molecular weight excluding hydrogens is 258 g/mol. The largest absolute Gasteiger partial charge is 0.385 e. The van der Waals surface area contributed by atoms with Gasteiger partial charge < -0.3 is 10.0 Å². The maximum atomic E-state index is 11.0. The number of rotatable bonds is 2. The fraction of sp³-hybridized carbons (Fsp3) is 0.714. The zero-order valence-corrected chi connectivity index (χ0v) is 12.4. The van der Waals surface area contributed by atoms with E-state index >= 15 is 0 Å². The van der Waals surface area contributed by atoms with Crippen LogP contribution < -0.4 is 4.90 Å². The van der Waals surface area contributed by atoms with Crippen LogP contribution in [0.15, 0.2) is 12.4 Å². The summed E-state index contributed by atoms with van der Waals surface area (Å²) >= 11 is 2.07. The van der Waals surface area contributed by atoms with Crippen LogP contribution in [-0.4, -0.2) is 39.7 Å². The van der Waals surface area contributed by atoms with Crippen LogP contribution in [0.4, 0.5) is 5.95 Å². The minimum atomic E-state index is -0.716. The molecule has 104 valence electrons. The van der Waals surface area contributed by atoms with Crippen molar-refractivity contribution >= 4 is 17.7 Å². The SMILES string of the molecule is CN(C)c1ncc(C2(O)CC3CCCC(C2)S3)cn1. The molecule has 1 aromatic heterocycles. The molecule has 0 saturated carbocycles.